The molecule has 0 unspecified atom stereocenters. The monoisotopic (exact) mass is 507 g/mol. The number of hydrogen-bond donors (Lipinski definition) is 0. The van der Waals surface area contributed by atoms with Crippen LogP contribution in [0, 0.1) is 0 Å². The SMILES string of the molecule is COCCN(CCOC)S(=O)(=O)c1ccc(C(=O)N=c2sc3cc4c(cc3n2C)OCO4)cc1. The Morgan fingerprint density at radius 3 is 2.32 bits per heavy atom. The Bertz CT molecular complexity index is 1350. The molecule has 0 bridgehead atoms. The second-order valence-electron chi connectivity index (χ2n) is 7.45. The van der Waals surface area contributed by atoms with Crippen LogP contribution < -0.4 is 14.3 Å². The maximum atomic E-state index is 13.0. The van der Waals surface area contributed by atoms with Crippen LogP contribution in [-0.4, -0.2) is 70.5 Å². The zero-order chi connectivity index (χ0) is 24.3. The molecule has 4 rings (SSSR count). The molecule has 0 saturated heterocycles. The van der Waals surface area contributed by atoms with E-state index in [0.29, 0.717) is 16.3 Å². The Morgan fingerprint density at radius 2 is 1.71 bits per heavy atom. The average Bonchev–Trinajstić information content (AvgIpc) is 3.41. The number of thiazole rings is 1. The lowest BCUT2D eigenvalue weighted by Crippen LogP contribution is -2.36. The van der Waals surface area contributed by atoms with Crippen molar-refractivity contribution >= 4 is 37.5 Å². The van der Waals surface area contributed by atoms with E-state index in [9.17, 15) is 13.2 Å². The van der Waals surface area contributed by atoms with E-state index in [0.717, 1.165) is 10.2 Å². The van der Waals surface area contributed by atoms with E-state index in [4.69, 9.17) is 18.9 Å². The van der Waals surface area contributed by atoms with Crippen molar-refractivity contribution in [2.24, 2.45) is 12.0 Å². The van der Waals surface area contributed by atoms with Gasteiger partial charge in [-0.25, -0.2) is 8.42 Å². The summed E-state index contributed by atoms with van der Waals surface area (Å²) in [5.74, 6) is 0.844. The third kappa shape index (κ3) is 4.86. The highest BCUT2D eigenvalue weighted by atomic mass is 32.2. The van der Waals surface area contributed by atoms with Gasteiger partial charge in [-0.2, -0.15) is 9.30 Å². The number of aryl methyl sites for hydroxylation is 1. The van der Waals surface area contributed by atoms with Crippen LogP contribution in [0.1, 0.15) is 10.4 Å². The molecule has 2 aromatic carbocycles. The molecule has 0 aliphatic carbocycles. The fraction of sp³-hybridized carbons (Fsp3) is 0.364. The summed E-state index contributed by atoms with van der Waals surface area (Å²) in [6.45, 7) is 1.09. The van der Waals surface area contributed by atoms with Crippen molar-refractivity contribution in [3.63, 3.8) is 0 Å². The van der Waals surface area contributed by atoms with Gasteiger partial charge in [0.25, 0.3) is 5.91 Å². The van der Waals surface area contributed by atoms with Crippen LogP contribution in [0.5, 0.6) is 11.5 Å². The molecule has 3 aromatic rings. The molecule has 0 radical (unpaired) electrons. The lowest BCUT2D eigenvalue weighted by atomic mass is 10.2. The number of benzene rings is 2. The standard InChI is InChI=1S/C22H25N3O7S2/c1-24-17-12-18-19(32-14-31-18)13-20(17)33-22(24)23-21(26)15-4-6-16(7-5-15)34(27,28)25(8-10-29-2)9-11-30-3/h4-7,12-13H,8-11,14H2,1-3H3. The van der Waals surface area contributed by atoms with Crippen molar-refractivity contribution in [1.82, 2.24) is 8.87 Å². The van der Waals surface area contributed by atoms with Crippen LogP contribution >= 0.6 is 11.3 Å². The molecular formula is C22H25N3O7S2. The molecule has 10 nitrogen and oxygen atoms in total. The second-order valence-corrected chi connectivity index (χ2v) is 10.4. The van der Waals surface area contributed by atoms with E-state index in [2.05, 4.69) is 4.99 Å². The van der Waals surface area contributed by atoms with Crippen LogP contribution in [-0.2, 0) is 26.5 Å². The van der Waals surface area contributed by atoms with Crippen LogP contribution in [0.2, 0.25) is 0 Å². The summed E-state index contributed by atoms with van der Waals surface area (Å²) >= 11 is 1.35. The molecule has 0 saturated carbocycles. The number of hydrogen-bond acceptors (Lipinski definition) is 8. The topological polar surface area (TPSA) is 109 Å². The van der Waals surface area contributed by atoms with Gasteiger partial charge >= 0.3 is 0 Å². The highest BCUT2D eigenvalue weighted by Crippen LogP contribution is 2.36. The molecule has 1 aromatic heterocycles. The van der Waals surface area contributed by atoms with Gasteiger partial charge in [0.05, 0.1) is 28.3 Å². The maximum Gasteiger partial charge on any atom is 0.279 e. The highest BCUT2D eigenvalue weighted by molar-refractivity contribution is 7.89. The zero-order valence-electron chi connectivity index (χ0n) is 19.0. The van der Waals surface area contributed by atoms with Crippen LogP contribution in [0.15, 0.2) is 46.3 Å². The summed E-state index contributed by atoms with van der Waals surface area (Å²) in [4.78, 5) is 17.6. The number of carbonyl (C=O) groups excluding carboxylic acids is 1. The summed E-state index contributed by atoms with van der Waals surface area (Å²) in [7, 11) is 1.07. The normalized spacial score (nSPS) is 13.8. The van der Waals surface area contributed by atoms with Gasteiger partial charge < -0.3 is 23.5 Å². The summed E-state index contributed by atoms with van der Waals surface area (Å²) in [6.07, 6.45) is 0. The molecule has 0 atom stereocenters. The van der Waals surface area contributed by atoms with E-state index in [1.165, 1.54) is 54.1 Å². The van der Waals surface area contributed by atoms with Crippen LogP contribution in [0.3, 0.4) is 0 Å². The molecule has 1 aliphatic rings. The number of sulfonamides is 1. The van der Waals surface area contributed by atoms with Gasteiger partial charge in [-0.05, 0) is 24.3 Å². The number of rotatable bonds is 9. The lowest BCUT2D eigenvalue weighted by Gasteiger charge is -2.21. The summed E-state index contributed by atoms with van der Waals surface area (Å²) < 4.78 is 51.0. The van der Waals surface area contributed by atoms with E-state index >= 15 is 0 Å². The third-order valence-electron chi connectivity index (χ3n) is 5.33. The van der Waals surface area contributed by atoms with Crippen molar-refractivity contribution in [2.45, 2.75) is 4.90 Å². The van der Waals surface area contributed by atoms with Crippen molar-refractivity contribution in [1.29, 1.82) is 0 Å². The number of fused-ring (bicyclic) bond motifs is 2. The fourth-order valence-electron chi connectivity index (χ4n) is 3.43. The van der Waals surface area contributed by atoms with E-state index < -0.39 is 15.9 Å². The van der Waals surface area contributed by atoms with Crippen molar-refractivity contribution in [3.8, 4) is 11.5 Å². The predicted octanol–water partition coefficient (Wildman–Crippen LogP) is 1.99. The van der Waals surface area contributed by atoms with Gasteiger partial charge in [-0.3, -0.25) is 4.79 Å². The molecule has 34 heavy (non-hydrogen) atoms. The fourth-order valence-corrected chi connectivity index (χ4v) is 5.87. The summed E-state index contributed by atoms with van der Waals surface area (Å²) in [5, 5.41) is 0. The minimum absolute atomic E-state index is 0.0817. The Labute approximate surface area is 201 Å². The largest absolute Gasteiger partial charge is 0.454 e. The number of aromatic nitrogens is 1. The van der Waals surface area contributed by atoms with Gasteiger partial charge in [-0.1, -0.05) is 11.3 Å². The Hall–Kier alpha value is -2.77. The quantitative estimate of drug-likeness (QED) is 0.436. The zero-order valence-corrected chi connectivity index (χ0v) is 20.6. The average molecular weight is 508 g/mol. The van der Waals surface area contributed by atoms with Crippen molar-refractivity contribution < 1.29 is 32.2 Å². The number of amides is 1. The smallest absolute Gasteiger partial charge is 0.279 e. The molecular weight excluding hydrogens is 482 g/mol. The first kappa shape index (κ1) is 24.4. The van der Waals surface area contributed by atoms with Crippen molar-refractivity contribution in [2.75, 3.05) is 47.3 Å². The molecule has 0 fully saturated rings. The molecule has 2 heterocycles. The highest BCUT2D eigenvalue weighted by Gasteiger charge is 2.24. The molecule has 1 aliphatic heterocycles. The van der Waals surface area contributed by atoms with E-state index in [-0.39, 0.29) is 43.6 Å². The summed E-state index contributed by atoms with van der Waals surface area (Å²) in [5.41, 5.74) is 1.15. The molecule has 1 amide bonds. The van der Waals surface area contributed by atoms with Crippen molar-refractivity contribution in [3.05, 3.63) is 46.8 Å². The van der Waals surface area contributed by atoms with E-state index in [1.807, 2.05) is 23.7 Å². The Balaban J connectivity index is 1.58. The first-order valence-electron chi connectivity index (χ1n) is 10.4. The van der Waals surface area contributed by atoms with Crippen LogP contribution in [0.25, 0.3) is 10.2 Å². The lowest BCUT2D eigenvalue weighted by molar-refractivity contribution is 0.0998. The minimum Gasteiger partial charge on any atom is -0.454 e. The third-order valence-corrected chi connectivity index (χ3v) is 8.34. The predicted molar refractivity (Wildman–Crippen MR) is 126 cm³/mol. The molecule has 12 heteroatoms. The van der Waals surface area contributed by atoms with Gasteiger partial charge in [0, 0.05) is 52.1 Å². The van der Waals surface area contributed by atoms with E-state index in [1.54, 1.807) is 0 Å². The Kier molecular flexibility index (Phi) is 7.33. The first-order chi connectivity index (χ1) is 16.3. The Morgan fingerprint density at radius 1 is 1.09 bits per heavy atom. The minimum atomic E-state index is -3.77. The van der Waals surface area contributed by atoms with Gasteiger partial charge in [0.2, 0.25) is 16.8 Å². The maximum absolute atomic E-state index is 13.0. The van der Waals surface area contributed by atoms with Gasteiger partial charge in [0.1, 0.15) is 0 Å². The first-order valence-corrected chi connectivity index (χ1v) is 12.7. The molecule has 182 valence electrons. The number of nitrogens with zero attached hydrogens (tertiary/aromatic N) is 3. The van der Waals surface area contributed by atoms with Gasteiger partial charge in [0.15, 0.2) is 16.3 Å². The molecule has 0 spiro atoms. The number of carbonyl (C=O) groups is 1. The number of methoxy groups -OCH3 is 2. The van der Waals surface area contributed by atoms with Gasteiger partial charge in [-0.15, -0.1) is 0 Å². The van der Waals surface area contributed by atoms with Crippen LogP contribution in [0.4, 0.5) is 0 Å². The summed E-state index contributed by atoms with van der Waals surface area (Å²) in [6, 6.07) is 9.48. The molecule has 0 N–H and O–H groups in total. The number of ether oxygens (including phenoxy) is 4. The second kappa shape index (κ2) is 10.2.